The van der Waals surface area contributed by atoms with Gasteiger partial charge in [-0.2, -0.15) is 0 Å². The number of fused-ring (bicyclic) bond motifs is 4. The van der Waals surface area contributed by atoms with Gasteiger partial charge in [-0.3, -0.25) is 9.69 Å². The van der Waals surface area contributed by atoms with E-state index in [1.807, 2.05) is 18.2 Å². The fourth-order valence-corrected chi connectivity index (χ4v) is 5.48. The highest BCUT2D eigenvalue weighted by Gasteiger charge is 2.44. The van der Waals surface area contributed by atoms with Gasteiger partial charge >= 0.3 is 0 Å². The SMILES string of the molecule is O=C1c2cccn2[C@H]2CN(Cc3ccc4c(c3)OCO4)C[C@@H]2N1Cc1cccs1. The minimum atomic E-state index is 0.134. The van der Waals surface area contributed by atoms with Crippen molar-refractivity contribution < 1.29 is 14.3 Å². The van der Waals surface area contributed by atoms with Crippen molar-refractivity contribution >= 4 is 17.2 Å². The molecule has 2 aromatic heterocycles. The van der Waals surface area contributed by atoms with Crippen LogP contribution in [-0.4, -0.2) is 46.2 Å². The number of amides is 1. The summed E-state index contributed by atoms with van der Waals surface area (Å²) in [6, 6.07) is 14.7. The Bertz CT molecular complexity index is 1060. The van der Waals surface area contributed by atoms with Crippen LogP contribution in [0.2, 0.25) is 0 Å². The molecule has 3 aliphatic heterocycles. The predicted octanol–water partition coefficient (Wildman–Crippen LogP) is 3.36. The molecule has 5 heterocycles. The number of hydrogen-bond donors (Lipinski definition) is 0. The Morgan fingerprint density at radius 3 is 2.79 bits per heavy atom. The number of carbonyl (C=O) groups excluding carboxylic acids is 1. The van der Waals surface area contributed by atoms with Crippen molar-refractivity contribution in [2.75, 3.05) is 19.9 Å². The zero-order valence-corrected chi connectivity index (χ0v) is 16.7. The smallest absolute Gasteiger partial charge is 0.271 e. The standard InChI is InChI=1S/C22H21N3O3S/c26-22-17-4-1-7-24(17)18-12-23(10-15-5-6-20-21(9-15)28-14-27-20)13-19(18)25(22)11-16-3-2-8-29-16/h1-9,18-19H,10-14H2/t18-,19-/m0/s1. The molecule has 0 aliphatic carbocycles. The summed E-state index contributed by atoms with van der Waals surface area (Å²) in [4.78, 5) is 18.9. The maximum absolute atomic E-state index is 13.2. The Labute approximate surface area is 172 Å². The molecule has 7 heteroatoms. The average Bonchev–Trinajstić information content (AvgIpc) is 3.51. The highest BCUT2D eigenvalue weighted by molar-refractivity contribution is 7.09. The number of ether oxygens (including phenoxy) is 2. The molecule has 1 amide bonds. The van der Waals surface area contributed by atoms with Crippen LogP contribution in [0.15, 0.2) is 54.0 Å². The van der Waals surface area contributed by atoms with E-state index in [4.69, 9.17) is 9.47 Å². The van der Waals surface area contributed by atoms with E-state index in [1.54, 1.807) is 11.3 Å². The summed E-state index contributed by atoms with van der Waals surface area (Å²) in [6.07, 6.45) is 2.05. The van der Waals surface area contributed by atoms with Crippen LogP contribution in [0, 0.1) is 0 Å². The van der Waals surface area contributed by atoms with Gasteiger partial charge in [-0.15, -0.1) is 11.3 Å². The van der Waals surface area contributed by atoms with Crippen LogP contribution in [0.25, 0.3) is 0 Å². The lowest BCUT2D eigenvalue weighted by Gasteiger charge is -2.38. The molecule has 0 saturated carbocycles. The first-order valence-electron chi connectivity index (χ1n) is 9.87. The fraction of sp³-hybridized carbons (Fsp3) is 0.318. The highest BCUT2D eigenvalue weighted by atomic mass is 32.1. The predicted molar refractivity (Wildman–Crippen MR) is 109 cm³/mol. The molecule has 0 unspecified atom stereocenters. The maximum atomic E-state index is 13.2. The van der Waals surface area contributed by atoms with Gasteiger partial charge in [-0.1, -0.05) is 12.1 Å². The van der Waals surface area contributed by atoms with Crippen LogP contribution in [0.3, 0.4) is 0 Å². The third kappa shape index (κ3) is 2.84. The van der Waals surface area contributed by atoms with E-state index in [2.05, 4.69) is 50.2 Å². The van der Waals surface area contributed by atoms with Gasteiger partial charge in [0.05, 0.1) is 18.6 Å². The van der Waals surface area contributed by atoms with Crippen LogP contribution in [0.5, 0.6) is 11.5 Å². The van der Waals surface area contributed by atoms with E-state index in [1.165, 1.54) is 10.4 Å². The van der Waals surface area contributed by atoms with Gasteiger partial charge in [-0.05, 0) is 41.3 Å². The Morgan fingerprint density at radius 2 is 1.90 bits per heavy atom. The number of benzene rings is 1. The van der Waals surface area contributed by atoms with E-state index in [-0.39, 0.29) is 18.0 Å². The van der Waals surface area contributed by atoms with Crippen LogP contribution in [-0.2, 0) is 13.1 Å². The molecule has 1 aromatic carbocycles. The normalized spacial score (nSPS) is 22.8. The number of aromatic nitrogens is 1. The van der Waals surface area contributed by atoms with Crippen molar-refractivity contribution in [2.45, 2.75) is 25.2 Å². The van der Waals surface area contributed by atoms with E-state index in [9.17, 15) is 4.79 Å². The quantitative estimate of drug-likeness (QED) is 0.665. The first-order chi connectivity index (χ1) is 14.3. The summed E-state index contributed by atoms with van der Waals surface area (Å²) in [5.41, 5.74) is 2.00. The molecule has 1 saturated heterocycles. The summed E-state index contributed by atoms with van der Waals surface area (Å²) in [6.45, 7) is 3.60. The Hall–Kier alpha value is -2.77. The van der Waals surface area contributed by atoms with Gasteiger partial charge in [0, 0.05) is 30.7 Å². The van der Waals surface area contributed by atoms with Gasteiger partial charge in [0.15, 0.2) is 11.5 Å². The second-order valence-electron chi connectivity index (χ2n) is 7.83. The molecule has 29 heavy (non-hydrogen) atoms. The summed E-state index contributed by atoms with van der Waals surface area (Å²) < 4.78 is 13.1. The third-order valence-electron chi connectivity index (χ3n) is 6.10. The summed E-state index contributed by atoms with van der Waals surface area (Å²) >= 11 is 1.71. The van der Waals surface area contributed by atoms with E-state index < -0.39 is 0 Å². The number of rotatable bonds is 4. The molecule has 0 spiro atoms. The molecule has 0 radical (unpaired) electrons. The minimum absolute atomic E-state index is 0.134. The molecule has 148 valence electrons. The fourth-order valence-electron chi connectivity index (χ4n) is 4.77. The Balaban J connectivity index is 1.27. The zero-order chi connectivity index (χ0) is 19.4. The van der Waals surface area contributed by atoms with Crippen molar-refractivity contribution in [2.24, 2.45) is 0 Å². The number of carbonyl (C=O) groups is 1. The van der Waals surface area contributed by atoms with Crippen LogP contribution in [0.4, 0.5) is 0 Å². The van der Waals surface area contributed by atoms with Gasteiger partial charge in [0.1, 0.15) is 5.69 Å². The van der Waals surface area contributed by atoms with Gasteiger partial charge in [0.2, 0.25) is 6.79 Å². The molecule has 2 atom stereocenters. The second-order valence-corrected chi connectivity index (χ2v) is 8.86. The van der Waals surface area contributed by atoms with Gasteiger partial charge < -0.3 is 18.9 Å². The maximum Gasteiger partial charge on any atom is 0.271 e. The van der Waals surface area contributed by atoms with Crippen molar-refractivity contribution in [1.82, 2.24) is 14.4 Å². The van der Waals surface area contributed by atoms with E-state index >= 15 is 0 Å². The third-order valence-corrected chi connectivity index (χ3v) is 6.96. The molecule has 0 N–H and O–H groups in total. The number of thiophene rings is 1. The largest absolute Gasteiger partial charge is 0.454 e. The molecular weight excluding hydrogens is 386 g/mol. The summed E-state index contributed by atoms with van der Waals surface area (Å²) in [5.74, 6) is 1.77. The number of nitrogens with zero attached hydrogens (tertiary/aromatic N) is 3. The Kier molecular flexibility index (Phi) is 3.92. The van der Waals surface area contributed by atoms with E-state index in [0.29, 0.717) is 13.3 Å². The first kappa shape index (κ1) is 17.1. The monoisotopic (exact) mass is 407 g/mol. The lowest BCUT2D eigenvalue weighted by molar-refractivity contribution is 0.0559. The number of hydrogen-bond acceptors (Lipinski definition) is 5. The molecule has 1 fully saturated rings. The number of likely N-dealkylation sites (tertiary alicyclic amines) is 1. The molecule has 3 aromatic rings. The van der Waals surface area contributed by atoms with Gasteiger partial charge in [0.25, 0.3) is 5.91 Å². The van der Waals surface area contributed by atoms with Crippen LogP contribution >= 0.6 is 11.3 Å². The summed E-state index contributed by atoms with van der Waals surface area (Å²) in [7, 11) is 0. The molecule has 6 nitrogen and oxygen atoms in total. The average molecular weight is 407 g/mol. The van der Waals surface area contributed by atoms with Crippen molar-refractivity contribution in [3.63, 3.8) is 0 Å². The minimum Gasteiger partial charge on any atom is -0.454 e. The van der Waals surface area contributed by atoms with Crippen molar-refractivity contribution in [3.05, 3.63) is 70.2 Å². The van der Waals surface area contributed by atoms with Crippen LogP contribution in [0.1, 0.15) is 27.0 Å². The first-order valence-corrected chi connectivity index (χ1v) is 10.8. The highest BCUT2D eigenvalue weighted by Crippen LogP contribution is 2.37. The van der Waals surface area contributed by atoms with Crippen molar-refractivity contribution in [1.29, 1.82) is 0 Å². The topological polar surface area (TPSA) is 46.9 Å². The Morgan fingerprint density at radius 1 is 1.00 bits per heavy atom. The van der Waals surface area contributed by atoms with Crippen molar-refractivity contribution in [3.8, 4) is 11.5 Å². The molecule has 3 aliphatic rings. The summed E-state index contributed by atoms with van der Waals surface area (Å²) in [5, 5.41) is 2.07. The molecule has 6 rings (SSSR count). The molecular formula is C22H21N3O3S. The second kappa shape index (κ2) is 6.64. The zero-order valence-electron chi connectivity index (χ0n) is 15.9. The lowest BCUT2D eigenvalue weighted by Crippen LogP contribution is -2.49. The van der Waals surface area contributed by atoms with Crippen LogP contribution < -0.4 is 9.47 Å². The van der Waals surface area contributed by atoms with E-state index in [0.717, 1.165) is 36.8 Å². The molecule has 0 bridgehead atoms. The van der Waals surface area contributed by atoms with Gasteiger partial charge in [-0.25, -0.2) is 0 Å². The lowest BCUT2D eigenvalue weighted by atomic mass is 10.1.